The lowest BCUT2D eigenvalue weighted by atomic mass is 10.3. The molecule has 0 bridgehead atoms. The van der Waals surface area contributed by atoms with Crippen LogP contribution >= 0.6 is 0 Å². The fraction of sp³-hybridized carbons (Fsp3) is 0.130. The molecular weight excluding hydrogens is 336 g/mol. The first-order valence-corrected chi connectivity index (χ1v) is 10.7. The van der Waals surface area contributed by atoms with E-state index in [2.05, 4.69) is 72.8 Å². The molecule has 0 radical (unpaired) electrons. The standard InChI is InChI=1S/C23H24O2Si/c1-19(2)23(24-3)25-26(20-13-7-4-8-14-20,21-15-9-5-10-16-21)22-17-11-6-12-18-22/h4-18H,1-3H3. The molecule has 0 saturated heterocycles. The Morgan fingerprint density at radius 2 is 0.962 bits per heavy atom. The number of hydrogen-bond acceptors (Lipinski definition) is 2. The summed E-state index contributed by atoms with van der Waals surface area (Å²) in [7, 11) is -1.08. The molecule has 0 aliphatic carbocycles. The summed E-state index contributed by atoms with van der Waals surface area (Å²) in [6, 6.07) is 31.5. The van der Waals surface area contributed by atoms with Crippen molar-refractivity contribution in [2.45, 2.75) is 13.8 Å². The monoisotopic (exact) mass is 360 g/mol. The van der Waals surface area contributed by atoms with E-state index in [1.54, 1.807) is 7.11 Å². The van der Waals surface area contributed by atoms with E-state index in [0.29, 0.717) is 5.95 Å². The fourth-order valence-electron chi connectivity index (χ4n) is 3.18. The van der Waals surface area contributed by atoms with Gasteiger partial charge in [-0.25, -0.2) is 0 Å². The molecule has 0 aromatic heterocycles. The first-order chi connectivity index (χ1) is 12.7. The first-order valence-electron chi connectivity index (χ1n) is 8.75. The van der Waals surface area contributed by atoms with Gasteiger partial charge >= 0.3 is 8.32 Å². The van der Waals surface area contributed by atoms with Crippen molar-refractivity contribution in [3.05, 3.63) is 103 Å². The van der Waals surface area contributed by atoms with Crippen molar-refractivity contribution in [2.24, 2.45) is 0 Å². The van der Waals surface area contributed by atoms with Gasteiger partial charge in [0.15, 0.2) is 0 Å². The molecule has 3 rings (SSSR count). The van der Waals surface area contributed by atoms with Crippen molar-refractivity contribution in [1.29, 1.82) is 0 Å². The van der Waals surface area contributed by atoms with Crippen molar-refractivity contribution < 1.29 is 9.16 Å². The second-order valence-corrected chi connectivity index (χ2v) is 9.67. The predicted molar refractivity (Wildman–Crippen MR) is 110 cm³/mol. The summed E-state index contributed by atoms with van der Waals surface area (Å²) in [4.78, 5) is 0. The average molecular weight is 361 g/mol. The van der Waals surface area contributed by atoms with Crippen LogP contribution in [0.25, 0.3) is 0 Å². The molecule has 2 nitrogen and oxygen atoms in total. The maximum Gasteiger partial charge on any atom is 0.350 e. The van der Waals surface area contributed by atoms with Gasteiger partial charge in [-0.05, 0) is 29.4 Å². The lowest BCUT2D eigenvalue weighted by Crippen LogP contribution is -2.69. The van der Waals surface area contributed by atoms with Crippen LogP contribution in [0.2, 0.25) is 0 Å². The summed E-state index contributed by atoms with van der Waals surface area (Å²) in [5.74, 6) is 0.591. The highest BCUT2D eigenvalue weighted by Gasteiger charge is 2.44. The maximum absolute atomic E-state index is 6.80. The van der Waals surface area contributed by atoms with Gasteiger partial charge in [-0.1, -0.05) is 91.0 Å². The minimum absolute atomic E-state index is 0.591. The molecule has 26 heavy (non-hydrogen) atoms. The molecule has 0 fully saturated rings. The molecular formula is C23H24O2Si. The van der Waals surface area contributed by atoms with E-state index in [0.717, 1.165) is 5.57 Å². The molecule has 0 spiro atoms. The van der Waals surface area contributed by atoms with Crippen LogP contribution in [-0.2, 0) is 9.16 Å². The lowest BCUT2D eigenvalue weighted by Gasteiger charge is -2.34. The smallest absolute Gasteiger partial charge is 0.350 e. The summed E-state index contributed by atoms with van der Waals surface area (Å²) in [6.07, 6.45) is 0. The first kappa shape index (κ1) is 18.0. The third-order valence-corrected chi connectivity index (χ3v) is 8.31. The highest BCUT2D eigenvalue weighted by Crippen LogP contribution is 2.17. The number of methoxy groups -OCH3 is 1. The second-order valence-electron chi connectivity index (χ2n) is 6.37. The van der Waals surface area contributed by atoms with Gasteiger partial charge < -0.3 is 9.16 Å². The van der Waals surface area contributed by atoms with Crippen LogP contribution < -0.4 is 15.6 Å². The van der Waals surface area contributed by atoms with Crippen molar-refractivity contribution >= 4 is 23.9 Å². The van der Waals surface area contributed by atoms with Crippen LogP contribution in [0.15, 0.2) is 103 Å². The number of benzene rings is 3. The van der Waals surface area contributed by atoms with Crippen LogP contribution in [0.3, 0.4) is 0 Å². The SMILES string of the molecule is COC(O[Si](c1ccccc1)(c1ccccc1)c1ccccc1)=C(C)C. The quantitative estimate of drug-likeness (QED) is 0.380. The maximum atomic E-state index is 6.80. The largest absolute Gasteiger partial charge is 0.505 e. The van der Waals surface area contributed by atoms with Gasteiger partial charge in [0.2, 0.25) is 0 Å². The molecule has 0 atom stereocenters. The van der Waals surface area contributed by atoms with Gasteiger partial charge in [0, 0.05) is 5.57 Å². The highest BCUT2D eigenvalue weighted by atomic mass is 28.4. The zero-order valence-corrected chi connectivity index (χ0v) is 16.5. The Morgan fingerprint density at radius 1 is 0.615 bits per heavy atom. The van der Waals surface area contributed by atoms with E-state index in [9.17, 15) is 0 Å². The Balaban J connectivity index is 2.33. The van der Waals surface area contributed by atoms with Crippen molar-refractivity contribution in [3.63, 3.8) is 0 Å². The Morgan fingerprint density at radius 3 is 1.23 bits per heavy atom. The Labute approximate surface area is 156 Å². The van der Waals surface area contributed by atoms with E-state index in [4.69, 9.17) is 9.16 Å². The average Bonchev–Trinajstić information content (AvgIpc) is 2.71. The number of hydrogen-bond donors (Lipinski definition) is 0. The normalized spacial score (nSPS) is 10.9. The van der Waals surface area contributed by atoms with Crippen LogP contribution in [0.1, 0.15) is 13.8 Å². The molecule has 132 valence electrons. The van der Waals surface area contributed by atoms with E-state index < -0.39 is 8.32 Å². The molecule has 3 aromatic carbocycles. The van der Waals surface area contributed by atoms with Crippen LogP contribution in [-0.4, -0.2) is 15.4 Å². The van der Waals surface area contributed by atoms with Gasteiger partial charge in [-0.3, -0.25) is 0 Å². The minimum Gasteiger partial charge on any atom is -0.505 e. The summed E-state index contributed by atoms with van der Waals surface area (Å²) < 4.78 is 12.4. The Kier molecular flexibility index (Phi) is 5.59. The molecule has 0 N–H and O–H groups in total. The number of allylic oxidation sites excluding steroid dienone is 1. The zero-order chi connectivity index (χ0) is 18.4. The summed E-state index contributed by atoms with van der Waals surface area (Å²) in [6.45, 7) is 4.03. The topological polar surface area (TPSA) is 18.5 Å². The van der Waals surface area contributed by atoms with Crippen molar-refractivity contribution in [2.75, 3.05) is 7.11 Å². The third kappa shape index (κ3) is 3.44. The van der Waals surface area contributed by atoms with E-state index in [1.807, 2.05) is 32.0 Å². The molecule has 0 unspecified atom stereocenters. The van der Waals surface area contributed by atoms with Gasteiger partial charge in [0.1, 0.15) is 0 Å². The highest BCUT2D eigenvalue weighted by molar-refractivity contribution is 7.07. The van der Waals surface area contributed by atoms with Gasteiger partial charge in [-0.15, -0.1) is 0 Å². The Hall–Kier alpha value is -2.78. The molecule has 0 saturated carbocycles. The summed E-state index contributed by atoms with van der Waals surface area (Å²) >= 11 is 0. The van der Waals surface area contributed by atoms with Crippen molar-refractivity contribution in [1.82, 2.24) is 0 Å². The van der Waals surface area contributed by atoms with Gasteiger partial charge in [0.25, 0.3) is 5.95 Å². The third-order valence-electron chi connectivity index (χ3n) is 4.38. The van der Waals surface area contributed by atoms with Crippen molar-refractivity contribution in [3.8, 4) is 0 Å². The van der Waals surface area contributed by atoms with Crippen LogP contribution in [0.4, 0.5) is 0 Å². The predicted octanol–water partition coefficient (Wildman–Crippen LogP) is 3.57. The summed E-state index contributed by atoms with van der Waals surface area (Å²) in [5.41, 5.74) is 1.02. The van der Waals surface area contributed by atoms with Gasteiger partial charge in [0.05, 0.1) is 7.11 Å². The van der Waals surface area contributed by atoms with E-state index in [-0.39, 0.29) is 0 Å². The van der Waals surface area contributed by atoms with E-state index in [1.165, 1.54) is 15.6 Å². The molecule has 3 heteroatoms. The zero-order valence-electron chi connectivity index (χ0n) is 15.5. The summed E-state index contributed by atoms with van der Waals surface area (Å²) in [5, 5.41) is 3.56. The lowest BCUT2D eigenvalue weighted by molar-refractivity contribution is 0.146. The molecule has 0 aliphatic heterocycles. The Bertz CT molecular complexity index is 758. The van der Waals surface area contributed by atoms with Crippen LogP contribution in [0, 0.1) is 0 Å². The van der Waals surface area contributed by atoms with Gasteiger partial charge in [-0.2, -0.15) is 0 Å². The molecule has 0 aliphatic rings. The number of rotatable bonds is 6. The molecule has 3 aromatic rings. The molecule has 0 heterocycles. The fourth-order valence-corrected chi connectivity index (χ4v) is 7.09. The molecule has 0 amide bonds. The number of ether oxygens (including phenoxy) is 1. The van der Waals surface area contributed by atoms with E-state index >= 15 is 0 Å². The van der Waals surface area contributed by atoms with Crippen LogP contribution in [0.5, 0.6) is 0 Å². The second kappa shape index (κ2) is 8.06. The minimum atomic E-state index is -2.75.